The molecule has 0 amide bonds. The number of rotatable bonds is 3. The summed E-state index contributed by atoms with van der Waals surface area (Å²) in [6, 6.07) is 0. The van der Waals surface area contributed by atoms with E-state index >= 15 is 0 Å². The van der Waals surface area contributed by atoms with Gasteiger partial charge in [0.15, 0.2) is 0 Å². The smallest absolute Gasteiger partial charge is 0.225 e. The van der Waals surface area contributed by atoms with Crippen LogP contribution in [0.25, 0.3) is 0 Å². The highest BCUT2D eigenvalue weighted by Crippen LogP contribution is 2.22. The van der Waals surface area contributed by atoms with Gasteiger partial charge in [-0.2, -0.15) is 0 Å². The Morgan fingerprint density at radius 3 is 2.41 bits per heavy atom. The summed E-state index contributed by atoms with van der Waals surface area (Å²) in [4.78, 5) is 11.0. The Hall–Kier alpha value is -1.16. The molecule has 2 heterocycles. The van der Waals surface area contributed by atoms with Crippen LogP contribution in [0, 0.1) is 5.92 Å². The van der Waals surface area contributed by atoms with Gasteiger partial charge in [0.05, 0.1) is 6.10 Å². The van der Waals surface area contributed by atoms with Gasteiger partial charge in [-0.05, 0) is 37.7 Å². The van der Waals surface area contributed by atoms with E-state index in [0.29, 0.717) is 5.92 Å². The third kappa shape index (κ3) is 2.94. The van der Waals surface area contributed by atoms with E-state index in [1.807, 2.05) is 19.3 Å². The van der Waals surface area contributed by atoms with E-state index in [1.165, 1.54) is 5.56 Å². The van der Waals surface area contributed by atoms with Crippen LogP contribution in [0.5, 0.6) is 0 Å². The number of hydrogen-bond acceptors (Lipinski definition) is 4. The van der Waals surface area contributed by atoms with Crippen molar-refractivity contribution < 1.29 is 5.11 Å². The number of anilines is 1. The maximum absolute atomic E-state index is 9.55. The van der Waals surface area contributed by atoms with Gasteiger partial charge >= 0.3 is 0 Å². The fourth-order valence-electron chi connectivity index (χ4n) is 2.28. The molecule has 1 aliphatic heterocycles. The van der Waals surface area contributed by atoms with Gasteiger partial charge in [-0.15, -0.1) is 0 Å². The molecule has 94 valence electrons. The molecule has 4 heteroatoms. The maximum atomic E-state index is 9.55. The van der Waals surface area contributed by atoms with Crippen LogP contribution in [0.1, 0.15) is 32.3 Å². The number of piperidine rings is 1. The maximum Gasteiger partial charge on any atom is 0.225 e. The molecular formula is C13H21N3O. The SMILES string of the molecule is CCc1cnc(N2CCC([C@@H](C)O)CC2)nc1. The highest BCUT2D eigenvalue weighted by atomic mass is 16.3. The van der Waals surface area contributed by atoms with Crippen molar-refractivity contribution in [2.24, 2.45) is 5.92 Å². The van der Waals surface area contributed by atoms with Crippen molar-refractivity contribution in [3.05, 3.63) is 18.0 Å². The lowest BCUT2D eigenvalue weighted by Gasteiger charge is -2.33. The highest BCUT2D eigenvalue weighted by molar-refractivity contribution is 5.30. The molecule has 1 aromatic heterocycles. The summed E-state index contributed by atoms with van der Waals surface area (Å²) in [5, 5.41) is 9.55. The van der Waals surface area contributed by atoms with Crippen molar-refractivity contribution in [1.82, 2.24) is 9.97 Å². The Kier molecular flexibility index (Phi) is 3.94. The van der Waals surface area contributed by atoms with Crippen molar-refractivity contribution >= 4 is 5.95 Å². The number of nitrogens with zero attached hydrogens (tertiary/aromatic N) is 3. The molecule has 0 aliphatic carbocycles. The summed E-state index contributed by atoms with van der Waals surface area (Å²) >= 11 is 0. The number of aryl methyl sites for hydroxylation is 1. The first-order valence-electron chi connectivity index (χ1n) is 6.44. The van der Waals surface area contributed by atoms with Gasteiger partial charge in [0.1, 0.15) is 0 Å². The fraction of sp³-hybridized carbons (Fsp3) is 0.692. The number of aromatic nitrogens is 2. The molecule has 4 nitrogen and oxygen atoms in total. The minimum absolute atomic E-state index is 0.194. The molecule has 0 saturated carbocycles. The molecule has 1 N–H and O–H groups in total. The molecule has 1 atom stereocenters. The summed E-state index contributed by atoms with van der Waals surface area (Å²) in [7, 11) is 0. The number of aliphatic hydroxyl groups is 1. The number of hydrogen-bond donors (Lipinski definition) is 1. The van der Waals surface area contributed by atoms with Gasteiger partial charge in [0.2, 0.25) is 5.95 Å². The van der Waals surface area contributed by atoms with Gasteiger partial charge in [0.25, 0.3) is 0 Å². The molecule has 1 fully saturated rings. The lowest BCUT2D eigenvalue weighted by molar-refractivity contribution is 0.109. The predicted molar refractivity (Wildman–Crippen MR) is 68.0 cm³/mol. The van der Waals surface area contributed by atoms with Crippen LogP contribution in [0.3, 0.4) is 0 Å². The normalized spacial score (nSPS) is 19.4. The van der Waals surface area contributed by atoms with E-state index in [-0.39, 0.29) is 6.10 Å². The molecule has 0 unspecified atom stereocenters. The van der Waals surface area contributed by atoms with Gasteiger partial charge in [-0.25, -0.2) is 9.97 Å². The first-order valence-corrected chi connectivity index (χ1v) is 6.44. The molecule has 1 saturated heterocycles. The zero-order valence-electron chi connectivity index (χ0n) is 10.6. The molecule has 2 rings (SSSR count). The van der Waals surface area contributed by atoms with E-state index < -0.39 is 0 Å². The first kappa shape index (κ1) is 12.3. The summed E-state index contributed by atoms with van der Waals surface area (Å²) in [6.45, 7) is 5.88. The lowest BCUT2D eigenvalue weighted by Crippen LogP contribution is -2.37. The Morgan fingerprint density at radius 1 is 1.35 bits per heavy atom. The molecule has 0 spiro atoms. The minimum atomic E-state index is -0.194. The van der Waals surface area contributed by atoms with Gasteiger partial charge in [-0.3, -0.25) is 0 Å². The zero-order chi connectivity index (χ0) is 12.3. The van der Waals surface area contributed by atoms with Gasteiger partial charge in [-0.1, -0.05) is 6.92 Å². The van der Waals surface area contributed by atoms with Crippen molar-refractivity contribution in [3.63, 3.8) is 0 Å². The highest BCUT2D eigenvalue weighted by Gasteiger charge is 2.23. The predicted octanol–water partition coefficient (Wildman–Crippen LogP) is 1.64. The van der Waals surface area contributed by atoms with E-state index in [9.17, 15) is 5.11 Å². The molecule has 1 aromatic rings. The Balaban J connectivity index is 1.95. The lowest BCUT2D eigenvalue weighted by atomic mass is 9.92. The third-order valence-corrected chi connectivity index (χ3v) is 3.60. The molecule has 0 aromatic carbocycles. The minimum Gasteiger partial charge on any atom is -0.393 e. The van der Waals surface area contributed by atoms with Crippen LogP contribution in [0.2, 0.25) is 0 Å². The van der Waals surface area contributed by atoms with Crippen LogP contribution in [0.4, 0.5) is 5.95 Å². The Bertz CT molecular complexity index is 342. The average Bonchev–Trinajstić information content (AvgIpc) is 2.39. The molecule has 0 radical (unpaired) electrons. The topological polar surface area (TPSA) is 49.2 Å². The second kappa shape index (κ2) is 5.45. The molecule has 0 bridgehead atoms. The molecule has 1 aliphatic rings. The largest absolute Gasteiger partial charge is 0.393 e. The third-order valence-electron chi connectivity index (χ3n) is 3.60. The van der Waals surface area contributed by atoms with Crippen molar-refractivity contribution in [2.75, 3.05) is 18.0 Å². The Morgan fingerprint density at radius 2 is 1.94 bits per heavy atom. The summed E-state index contributed by atoms with van der Waals surface area (Å²) in [5.74, 6) is 1.26. The van der Waals surface area contributed by atoms with E-state index in [0.717, 1.165) is 38.3 Å². The van der Waals surface area contributed by atoms with Crippen LogP contribution < -0.4 is 4.90 Å². The van der Waals surface area contributed by atoms with E-state index in [4.69, 9.17) is 0 Å². The summed E-state index contributed by atoms with van der Waals surface area (Å²) in [6.07, 6.45) is 6.64. The Labute approximate surface area is 103 Å². The quantitative estimate of drug-likeness (QED) is 0.865. The summed E-state index contributed by atoms with van der Waals surface area (Å²) < 4.78 is 0. The first-order chi connectivity index (χ1) is 8.20. The number of aliphatic hydroxyl groups excluding tert-OH is 1. The van der Waals surface area contributed by atoms with Crippen LogP contribution in [-0.2, 0) is 6.42 Å². The van der Waals surface area contributed by atoms with Crippen LogP contribution in [0.15, 0.2) is 12.4 Å². The van der Waals surface area contributed by atoms with Crippen LogP contribution in [-0.4, -0.2) is 34.3 Å². The zero-order valence-corrected chi connectivity index (χ0v) is 10.6. The second-order valence-electron chi connectivity index (χ2n) is 4.81. The molecule has 17 heavy (non-hydrogen) atoms. The van der Waals surface area contributed by atoms with Gasteiger partial charge in [0, 0.05) is 25.5 Å². The van der Waals surface area contributed by atoms with E-state index in [1.54, 1.807) is 0 Å². The second-order valence-corrected chi connectivity index (χ2v) is 4.81. The van der Waals surface area contributed by atoms with Crippen molar-refractivity contribution in [1.29, 1.82) is 0 Å². The van der Waals surface area contributed by atoms with Crippen molar-refractivity contribution in [2.45, 2.75) is 39.2 Å². The van der Waals surface area contributed by atoms with Gasteiger partial charge < -0.3 is 10.0 Å². The standard InChI is InChI=1S/C13H21N3O/c1-3-11-8-14-13(15-9-11)16-6-4-12(5-7-16)10(2)17/h8-10,12,17H,3-7H2,1-2H3/t10-/m1/s1. The van der Waals surface area contributed by atoms with E-state index in [2.05, 4.69) is 21.8 Å². The average molecular weight is 235 g/mol. The van der Waals surface area contributed by atoms with Crippen LogP contribution >= 0.6 is 0 Å². The van der Waals surface area contributed by atoms with Crippen molar-refractivity contribution in [3.8, 4) is 0 Å². The summed E-state index contributed by atoms with van der Waals surface area (Å²) in [5.41, 5.74) is 1.17. The monoisotopic (exact) mass is 235 g/mol. The molecular weight excluding hydrogens is 214 g/mol. The fourth-order valence-corrected chi connectivity index (χ4v) is 2.28.